The normalized spacial score (nSPS) is 12.2. The fourth-order valence-corrected chi connectivity index (χ4v) is 5.22. The smallest absolute Gasteiger partial charge is 0.242 e. The van der Waals surface area contributed by atoms with Gasteiger partial charge in [-0.15, -0.1) is 0 Å². The Morgan fingerprint density at radius 1 is 1.18 bits per heavy atom. The van der Waals surface area contributed by atoms with Gasteiger partial charge in [-0.3, -0.25) is 13.9 Å². The van der Waals surface area contributed by atoms with Gasteiger partial charge in [0.25, 0.3) is 0 Å². The van der Waals surface area contributed by atoms with Gasteiger partial charge in [-0.1, -0.05) is 45.7 Å². The second-order valence-corrected chi connectivity index (χ2v) is 11.3. The third kappa shape index (κ3) is 7.71. The highest BCUT2D eigenvalue weighted by molar-refractivity contribution is 9.10. The molecule has 0 radical (unpaired) electrons. The zero-order valence-electron chi connectivity index (χ0n) is 19.8. The molecule has 0 heterocycles. The molecule has 1 N–H and O–H groups in total. The Labute approximate surface area is 215 Å². The lowest BCUT2D eigenvalue weighted by Crippen LogP contribution is -2.47. The average molecular weight is 573 g/mol. The fourth-order valence-electron chi connectivity index (χ4n) is 3.59. The number of anilines is 1. The van der Waals surface area contributed by atoms with Gasteiger partial charge in [0.05, 0.1) is 11.9 Å². The highest BCUT2D eigenvalue weighted by atomic mass is 79.9. The number of nitrogens with one attached hydrogen (secondary N) is 1. The molecular formula is C24H31BrClN3O4S. The number of halogens is 2. The highest BCUT2D eigenvalue weighted by Gasteiger charge is 2.26. The van der Waals surface area contributed by atoms with Crippen molar-refractivity contribution in [2.45, 2.75) is 46.2 Å². The minimum absolute atomic E-state index is 0.0867. The summed E-state index contributed by atoms with van der Waals surface area (Å²) in [5, 5.41) is 3.23. The van der Waals surface area contributed by atoms with Gasteiger partial charge in [-0.25, -0.2) is 8.42 Å². The van der Waals surface area contributed by atoms with E-state index in [2.05, 4.69) is 21.2 Å². The van der Waals surface area contributed by atoms with E-state index in [0.29, 0.717) is 22.8 Å². The van der Waals surface area contributed by atoms with E-state index in [1.54, 1.807) is 32.0 Å². The van der Waals surface area contributed by atoms with Crippen molar-refractivity contribution in [1.29, 1.82) is 0 Å². The average Bonchev–Trinajstić information content (AvgIpc) is 2.76. The Morgan fingerprint density at radius 3 is 2.47 bits per heavy atom. The summed E-state index contributed by atoms with van der Waals surface area (Å²) < 4.78 is 27.1. The van der Waals surface area contributed by atoms with E-state index in [1.807, 2.05) is 31.2 Å². The lowest BCUT2D eigenvalue weighted by Gasteiger charge is -2.29. The van der Waals surface area contributed by atoms with Crippen molar-refractivity contribution >= 4 is 55.1 Å². The number of rotatable bonds is 11. The van der Waals surface area contributed by atoms with Gasteiger partial charge < -0.3 is 10.2 Å². The summed E-state index contributed by atoms with van der Waals surface area (Å²) in [6.07, 6.45) is 1.50. The van der Waals surface area contributed by atoms with Gasteiger partial charge in [0.1, 0.15) is 6.04 Å². The summed E-state index contributed by atoms with van der Waals surface area (Å²) in [4.78, 5) is 27.2. The summed E-state index contributed by atoms with van der Waals surface area (Å²) in [5.74, 6) is -0.465. The molecule has 186 valence electrons. The Bertz CT molecular complexity index is 1130. The van der Waals surface area contributed by atoms with E-state index in [1.165, 1.54) is 9.21 Å². The zero-order valence-corrected chi connectivity index (χ0v) is 23.0. The molecular weight excluding hydrogens is 542 g/mol. The van der Waals surface area contributed by atoms with Crippen LogP contribution >= 0.6 is 27.5 Å². The van der Waals surface area contributed by atoms with E-state index in [9.17, 15) is 18.0 Å². The van der Waals surface area contributed by atoms with Crippen LogP contribution in [-0.4, -0.2) is 50.5 Å². The highest BCUT2D eigenvalue weighted by Crippen LogP contribution is 2.28. The predicted octanol–water partition coefficient (Wildman–Crippen LogP) is 4.51. The summed E-state index contributed by atoms with van der Waals surface area (Å²) in [5.41, 5.74) is 2.03. The van der Waals surface area contributed by atoms with Crippen LogP contribution in [0.3, 0.4) is 0 Å². The Morgan fingerprint density at radius 2 is 1.85 bits per heavy atom. The third-order valence-electron chi connectivity index (χ3n) is 5.42. The first-order chi connectivity index (χ1) is 16.0. The van der Waals surface area contributed by atoms with Crippen molar-refractivity contribution in [2.75, 3.05) is 23.7 Å². The first kappa shape index (κ1) is 28.1. The van der Waals surface area contributed by atoms with Gasteiger partial charge in [0.2, 0.25) is 21.8 Å². The summed E-state index contributed by atoms with van der Waals surface area (Å²) >= 11 is 9.62. The first-order valence-electron chi connectivity index (χ1n) is 11.0. The zero-order chi connectivity index (χ0) is 25.5. The van der Waals surface area contributed by atoms with Gasteiger partial charge in [-0.05, 0) is 62.6 Å². The number of carbonyl (C=O) groups excluding carboxylic acids is 2. The summed E-state index contributed by atoms with van der Waals surface area (Å²) in [7, 11) is -3.59. The van der Waals surface area contributed by atoms with Crippen molar-refractivity contribution in [3.8, 4) is 0 Å². The van der Waals surface area contributed by atoms with Crippen LogP contribution in [0, 0.1) is 6.92 Å². The molecule has 2 aromatic carbocycles. The molecule has 0 fully saturated rings. The van der Waals surface area contributed by atoms with Crippen LogP contribution in [0.4, 0.5) is 5.69 Å². The number of nitrogens with zero attached hydrogens (tertiary/aromatic N) is 2. The van der Waals surface area contributed by atoms with Crippen molar-refractivity contribution < 1.29 is 18.0 Å². The standard InChI is InChI=1S/C24H31BrClN3O4S/c1-5-27-24(31)18(3)28(16-19-9-6-10-20(25)15-19)23(30)13-8-14-29(34(4,32)33)22-12-7-11-21(26)17(22)2/h6-7,9-12,15,18H,5,8,13-14,16H2,1-4H3,(H,27,31)/t18-/m1/s1. The Balaban J connectivity index is 2.19. The van der Waals surface area contributed by atoms with Crippen LogP contribution in [0.1, 0.15) is 37.8 Å². The molecule has 2 rings (SSSR count). The van der Waals surface area contributed by atoms with E-state index >= 15 is 0 Å². The maximum atomic E-state index is 13.2. The van der Waals surface area contributed by atoms with Crippen LogP contribution in [0.5, 0.6) is 0 Å². The monoisotopic (exact) mass is 571 g/mol. The quantitative estimate of drug-likeness (QED) is 0.429. The second kappa shape index (κ2) is 12.6. The minimum Gasteiger partial charge on any atom is -0.355 e. The van der Waals surface area contributed by atoms with Crippen LogP contribution < -0.4 is 9.62 Å². The van der Waals surface area contributed by atoms with E-state index in [-0.39, 0.29) is 37.7 Å². The van der Waals surface area contributed by atoms with Crippen molar-refractivity contribution in [2.24, 2.45) is 0 Å². The molecule has 1 atom stereocenters. The van der Waals surface area contributed by atoms with Gasteiger partial charge in [0, 0.05) is 35.6 Å². The molecule has 0 aliphatic carbocycles. The van der Waals surface area contributed by atoms with Gasteiger partial charge in [-0.2, -0.15) is 0 Å². The van der Waals surface area contributed by atoms with Crippen molar-refractivity contribution in [1.82, 2.24) is 10.2 Å². The molecule has 0 aliphatic heterocycles. The maximum absolute atomic E-state index is 13.2. The number of sulfonamides is 1. The number of amides is 2. The fraction of sp³-hybridized carbons (Fsp3) is 0.417. The molecule has 10 heteroatoms. The Kier molecular flexibility index (Phi) is 10.4. The third-order valence-corrected chi connectivity index (χ3v) is 7.50. The molecule has 0 saturated carbocycles. The molecule has 0 spiro atoms. The minimum atomic E-state index is -3.59. The summed E-state index contributed by atoms with van der Waals surface area (Å²) in [6.45, 7) is 6.12. The van der Waals surface area contributed by atoms with Gasteiger partial charge in [0.15, 0.2) is 0 Å². The molecule has 0 unspecified atom stereocenters. The lowest BCUT2D eigenvalue weighted by atomic mass is 10.1. The topological polar surface area (TPSA) is 86.8 Å². The van der Waals surface area contributed by atoms with Crippen molar-refractivity contribution in [3.63, 3.8) is 0 Å². The maximum Gasteiger partial charge on any atom is 0.242 e. The van der Waals surface area contributed by atoms with Crippen LogP contribution in [-0.2, 0) is 26.2 Å². The van der Waals surface area contributed by atoms with E-state index < -0.39 is 16.1 Å². The molecule has 0 saturated heterocycles. The summed E-state index contributed by atoms with van der Waals surface area (Å²) in [6, 6.07) is 12.0. The first-order valence-corrected chi connectivity index (χ1v) is 14.0. The largest absolute Gasteiger partial charge is 0.355 e. The lowest BCUT2D eigenvalue weighted by molar-refractivity contribution is -0.140. The van der Waals surface area contributed by atoms with Crippen LogP contribution in [0.2, 0.25) is 5.02 Å². The van der Waals surface area contributed by atoms with E-state index in [4.69, 9.17) is 11.6 Å². The molecule has 0 aromatic heterocycles. The number of hydrogen-bond acceptors (Lipinski definition) is 4. The molecule has 2 aromatic rings. The molecule has 0 aliphatic rings. The number of likely N-dealkylation sites (N-methyl/N-ethyl adjacent to an activating group) is 1. The molecule has 34 heavy (non-hydrogen) atoms. The van der Waals surface area contributed by atoms with Gasteiger partial charge >= 0.3 is 0 Å². The Hall–Kier alpha value is -2.10. The molecule has 2 amide bonds. The SMILES string of the molecule is CCNC(=O)[C@@H](C)N(Cc1cccc(Br)c1)C(=O)CCCN(c1cccc(Cl)c1C)S(C)(=O)=O. The molecule has 7 nitrogen and oxygen atoms in total. The molecule has 0 bridgehead atoms. The number of hydrogen-bond donors (Lipinski definition) is 1. The number of carbonyl (C=O) groups is 2. The van der Waals surface area contributed by atoms with Crippen LogP contribution in [0.25, 0.3) is 0 Å². The number of benzene rings is 2. The second-order valence-electron chi connectivity index (χ2n) is 8.04. The van der Waals surface area contributed by atoms with Crippen molar-refractivity contribution in [3.05, 3.63) is 63.1 Å². The van der Waals surface area contributed by atoms with E-state index in [0.717, 1.165) is 16.3 Å². The predicted molar refractivity (Wildman–Crippen MR) is 140 cm³/mol. The van der Waals surface area contributed by atoms with Crippen LogP contribution in [0.15, 0.2) is 46.9 Å².